The van der Waals surface area contributed by atoms with Crippen LogP contribution in [0, 0.1) is 0 Å². The maximum atomic E-state index is 4.07. The zero-order valence-corrected chi connectivity index (χ0v) is 8.18. The number of hydrogen-bond acceptors (Lipinski definition) is 1. The van der Waals surface area contributed by atoms with Crippen LogP contribution in [-0.4, -0.2) is 15.2 Å². The average molecular weight is 162 g/mol. The second-order valence-corrected chi connectivity index (χ2v) is 4.19. The number of hydrogen-bond donors (Lipinski definition) is 0. The van der Waals surface area contributed by atoms with Crippen molar-refractivity contribution in [1.29, 1.82) is 0 Å². The normalized spacial score (nSPS) is 11.6. The lowest BCUT2D eigenvalue weighted by molar-refractivity contribution is 0.590. The van der Waals surface area contributed by atoms with Crippen LogP contribution in [0.3, 0.4) is 0 Å². The van der Waals surface area contributed by atoms with E-state index in [1.54, 1.807) is 0 Å². The van der Waals surface area contributed by atoms with Crippen molar-refractivity contribution >= 4 is 15.6 Å². The molecule has 1 aromatic rings. The van der Waals surface area contributed by atoms with Crippen molar-refractivity contribution in [3.05, 3.63) is 23.9 Å². The first-order chi connectivity index (χ1) is 5.00. The Kier molecular flexibility index (Phi) is 2.14. The van der Waals surface area contributed by atoms with E-state index >= 15 is 0 Å². The second-order valence-electron chi connectivity index (χ2n) is 3.68. The molecule has 0 unspecified atom stereocenters. The minimum Gasteiger partial charge on any atom is -0.267 e. The lowest BCUT2D eigenvalue weighted by Crippen LogP contribution is -2.16. The summed E-state index contributed by atoms with van der Waals surface area (Å²) in [6, 6.07) is 4.10. The van der Waals surface area contributed by atoms with Gasteiger partial charge in [0.1, 0.15) is 0 Å². The van der Waals surface area contributed by atoms with E-state index < -0.39 is 0 Å². The minimum absolute atomic E-state index is 0.213. The molecule has 0 aliphatic carbocycles. The molecule has 0 aliphatic heterocycles. The van der Waals surface area contributed by atoms with Crippen molar-refractivity contribution in [2.24, 2.45) is 0 Å². The third kappa shape index (κ3) is 2.15. The van der Waals surface area contributed by atoms with Crippen molar-refractivity contribution in [1.82, 2.24) is 4.98 Å². The molecular formula is C9H12NSi. The summed E-state index contributed by atoms with van der Waals surface area (Å²) >= 11 is 0. The van der Waals surface area contributed by atoms with E-state index in [1.807, 2.05) is 12.3 Å². The van der Waals surface area contributed by atoms with Gasteiger partial charge in [0.15, 0.2) is 0 Å². The average Bonchev–Trinajstić information content (AvgIpc) is 1.86. The Hall–Kier alpha value is -0.633. The van der Waals surface area contributed by atoms with Gasteiger partial charge in [-0.25, -0.2) is 0 Å². The number of aromatic nitrogens is 1. The third-order valence-corrected chi connectivity index (χ3v) is 1.90. The molecule has 2 heteroatoms. The first kappa shape index (κ1) is 8.46. The molecule has 0 spiro atoms. The Morgan fingerprint density at radius 1 is 1.36 bits per heavy atom. The summed E-state index contributed by atoms with van der Waals surface area (Å²) in [5.74, 6) is 0. The Labute approximate surface area is 71.3 Å². The number of rotatable bonds is 0. The standard InChI is InChI=1S/C9H12NSi/c1-9(2,3)7-4-5-10-8(11)6-7/h4-6H,1-3H3. The van der Waals surface area contributed by atoms with Crippen LogP contribution in [0.4, 0.5) is 0 Å². The van der Waals surface area contributed by atoms with Crippen LogP contribution >= 0.6 is 0 Å². The highest BCUT2D eigenvalue weighted by Crippen LogP contribution is 2.19. The zero-order valence-electron chi connectivity index (χ0n) is 7.18. The number of pyridine rings is 1. The van der Waals surface area contributed by atoms with Gasteiger partial charge in [-0.3, -0.25) is 4.98 Å². The van der Waals surface area contributed by atoms with Gasteiger partial charge in [0.05, 0.1) is 10.2 Å². The molecular weight excluding hydrogens is 150 g/mol. The van der Waals surface area contributed by atoms with Crippen molar-refractivity contribution in [2.75, 3.05) is 0 Å². The van der Waals surface area contributed by atoms with Gasteiger partial charge in [-0.2, -0.15) is 0 Å². The summed E-state index contributed by atoms with van der Waals surface area (Å²) in [6.07, 6.45) is 1.82. The molecule has 1 heterocycles. The molecule has 0 saturated carbocycles. The van der Waals surface area contributed by atoms with E-state index in [-0.39, 0.29) is 5.41 Å². The van der Waals surface area contributed by atoms with E-state index in [0.29, 0.717) is 0 Å². The fourth-order valence-electron chi connectivity index (χ4n) is 0.897. The quantitative estimate of drug-likeness (QED) is 0.522. The lowest BCUT2D eigenvalue weighted by Gasteiger charge is -2.18. The van der Waals surface area contributed by atoms with Crippen LogP contribution < -0.4 is 5.32 Å². The van der Waals surface area contributed by atoms with Gasteiger partial charge < -0.3 is 0 Å². The van der Waals surface area contributed by atoms with Crippen LogP contribution in [-0.2, 0) is 5.41 Å². The molecule has 3 radical (unpaired) electrons. The molecule has 0 fully saturated rings. The van der Waals surface area contributed by atoms with Gasteiger partial charge in [-0.05, 0) is 23.1 Å². The van der Waals surface area contributed by atoms with E-state index in [9.17, 15) is 0 Å². The van der Waals surface area contributed by atoms with Crippen molar-refractivity contribution in [3.63, 3.8) is 0 Å². The highest BCUT2D eigenvalue weighted by atomic mass is 28.1. The van der Waals surface area contributed by atoms with Crippen LogP contribution in [0.5, 0.6) is 0 Å². The van der Waals surface area contributed by atoms with Crippen LogP contribution in [0.2, 0.25) is 0 Å². The molecule has 0 amide bonds. The van der Waals surface area contributed by atoms with Crippen LogP contribution in [0.25, 0.3) is 0 Å². The molecule has 0 N–H and O–H groups in total. The molecule has 0 aromatic carbocycles. The summed E-state index contributed by atoms with van der Waals surface area (Å²) in [7, 11) is 3.39. The predicted molar refractivity (Wildman–Crippen MR) is 48.3 cm³/mol. The van der Waals surface area contributed by atoms with Gasteiger partial charge in [0.25, 0.3) is 0 Å². The van der Waals surface area contributed by atoms with E-state index in [0.717, 1.165) is 5.32 Å². The monoisotopic (exact) mass is 162 g/mol. The summed E-state index contributed by atoms with van der Waals surface area (Å²) < 4.78 is 0. The van der Waals surface area contributed by atoms with E-state index in [4.69, 9.17) is 0 Å². The molecule has 1 rings (SSSR count). The van der Waals surface area contributed by atoms with Crippen LogP contribution in [0.1, 0.15) is 26.3 Å². The molecule has 0 bridgehead atoms. The summed E-state index contributed by atoms with van der Waals surface area (Å²) in [5, 5.41) is 0.900. The molecule has 1 nitrogen and oxygen atoms in total. The van der Waals surface area contributed by atoms with Gasteiger partial charge in [-0.15, -0.1) is 0 Å². The maximum absolute atomic E-state index is 4.07. The smallest absolute Gasteiger partial charge is 0.0995 e. The Morgan fingerprint density at radius 2 is 2.00 bits per heavy atom. The minimum atomic E-state index is 0.213. The van der Waals surface area contributed by atoms with Crippen molar-refractivity contribution in [3.8, 4) is 0 Å². The molecule has 11 heavy (non-hydrogen) atoms. The molecule has 0 aliphatic rings. The van der Waals surface area contributed by atoms with Gasteiger partial charge in [0.2, 0.25) is 0 Å². The highest BCUT2D eigenvalue weighted by molar-refractivity contribution is 6.30. The molecule has 57 valence electrons. The Bertz CT molecular complexity index is 250. The maximum Gasteiger partial charge on any atom is 0.0995 e. The first-order valence-corrected chi connectivity index (χ1v) is 4.18. The van der Waals surface area contributed by atoms with Crippen molar-refractivity contribution < 1.29 is 0 Å². The highest BCUT2D eigenvalue weighted by Gasteiger charge is 2.12. The molecule has 0 atom stereocenters. The molecule has 0 saturated heterocycles. The van der Waals surface area contributed by atoms with Crippen LogP contribution in [0.15, 0.2) is 18.3 Å². The predicted octanol–water partition coefficient (Wildman–Crippen LogP) is 1.17. The fraction of sp³-hybridized carbons (Fsp3) is 0.444. The van der Waals surface area contributed by atoms with Crippen molar-refractivity contribution in [2.45, 2.75) is 26.2 Å². The summed E-state index contributed by atoms with van der Waals surface area (Å²) in [4.78, 5) is 4.07. The third-order valence-electron chi connectivity index (χ3n) is 1.63. The Balaban J connectivity index is 3.06. The van der Waals surface area contributed by atoms with E-state index in [1.165, 1.54) is 5.56 Å². The van der Waals surface area contributed by atoms with Gasteiger partial charge in [0, 0.05) is 11.5 Å². The zero-order chi connectivity index (χ0) is 8.48. The topological polar surface area (TPSA) is 12.9 Å². The number of nitrogens with zero attached hydrogens (tertiary/aromatic N) is 1. The largest absolute Gasteiger partial charge is 0.267 e. The summed E-state index contributed by atoms with van der Waals surface area (Å²) in [6.45, 7) is 6.57. The SMILES string of the molecule is CC(C)(C)c1ccnc([Si])c1. The van der Waals surface area contributed by atoms with Gasteiger partial charge in [-0.1, -0.05) is 20.8 Å². The second kappa shape index (κ2) is 2.78. The first-order valence-electron chi connectivity index (χ1n) is 3.68. The molecule has 1 aromatic heterocycles. The fourth-order valence-corrected chi connectivity index (χ4v) is 1.13. The Morgan fingerprint density at radius 3 is 2.36 bits per heavy atom. The van der Waals surface area contributed by atoms with Gasteiger partial charge >= 0.3 is 0 Å². The lowest BCUT2D eigenvalue weighted by atomic mass is 9.88. The van der Waals surface area contributed by atoms with E-state index in [2.05, 4.69) is 42.1 Å². The summed E-state index contributed by atoms with van der Waals surface area (Å²) in [5.41, 5.74) is 1.52.